The van der Waals surface area contributed by atoms with E-state index >= 15 is 0 Å². The molecule has 1 aliphatic rings. The second-order valence-electron chi connectivity index (χ2n) is 7.25. The van der Waals surface area contributed by atoms with Crippen LogP contribution in [0.5, 0.6) is 11.5 Å². The number of nitrogens with one attached hydrogen (secondary N) is 2. The van der Waals surface area contributed by atoms with Crippen molar-refractivity contribution >= 4 is 11.6 Å². The van der Waals surface area contributed by atoms with E-state index in [-0.39, 0.29) is 6.10 Å². The molecule has 2 N–H and O–H groups in total. The third-order valence-electron chi connectivity index (χ3n) is 4.83. The zero-order valence-electron chi connectivity index (χ0n) is 18.0. The first kappa shape index (κ1) is 22.1. The Balaban J connectivity index is 1.78. The van der Waals surface area contributed by atoms with Gasteiger partial charge in [-0.1, -0.05) is 0 Å². The normalized spacial score (nSPS) is 15.6. The predicted octanol–water partition coefficient (Wildman–Crippen LogP) is 2.65. The molecule has 0 bridgehead atoms. The fourth-order valence-corrected chi connectivity index (χ4v) is 3.24. The summed E-state index contributed by atoms with van der Waals surface area (Å²) < 4.78 is 16.4. The van der Waals surface area contributed by atoms with Crippen LogP contribution in [-0.4, -0.2) is 65.6 Å². The number of ether oxygens (including phenoxy) is 3. The molecule has 158 valence electrons. The SMILES string of the molecule is CN=C(NCCCOC(C)C)NC1CCN(c2cc(OC)cc(OC)c2)CC1. The summed E-state index contributed by atoms with van der Waals surface area (Å²) in [5.41, 5.74) is 1.14. The second-order valence-corrected chi connectivity index (χ2v) is 7.25. The van der Waals surface area contributed by atoms with Gasteiger partial charge in [0, 0.05) is 63.2 Å². The molecular formula is C21H36N4O3. The molecule has 1 saturated heterocycles. The molecule has 1 fully saturated rings. The average molecular weight is 393 g/mol. The van der Waals surface area contributed by atoms with E-state index in [0.717, 1.165) is 68.6 Å². The zero-order valence-corrected chi connectivity index (χ0v) is 18.0. The Morgan fingerprint density at radius 3 is 2.32 bits per heavy atom. The Morgan fingerprint density at radius 2 is 1.79 bits per heavy atom. The van der Waals surface area contributed by atoms with Crippen LogP contribution in [0.15, 0.2) is 23.2 Å². The van der Waals surface area contributed by atoms with Crippen molar-refractivity contribution < 1.29 is 14.2 Å². The first-order valence-electron chi connectivity index (χ1n) is 10.1. The van der Waals surface area contributed by atoms with E-state index in [2.05, 4.69) is 46.5 Å². The molecule has 0 aliphatic carbocycles. The molecule has 0 radical (unpaired) electrons. The Morgan fingerprint density at radius 1 is 1.14 bits per heavy atom. The number of methoxy groups -OCH3 is 2. The van der Waals surface area contributed by atoms with Gasteiger partial charge in [-0.15, -0.1) is 0 Å². The van der Waals surface area contributed by atoms with Crippen LogP contribution in [0.2, 0.25) is 0 Å². The van der Waals surface area contributed by atoms with E-state index < -0.39 is 0 Å². The summed E-state index contributed by atoms with van der Waals surface area (Å²) in [6.07, 6.45) is 3.36. The van der Waals surface area contributed by atoms with Gasteiger partial charge in [0.1, 0.15) is 11.5 Å². The molecule has 1 aromatic carbocycles. The number of rotatable bonds is 9. The highest BCUT2D eigenvalue weighted by Crippen LogP contribution is 2.30. The Bertz CT molecular complexity index is 591. The average Bonchev–Trinajstić information content (AvgIpc) is 2.72. The van der Waals surface area contributed by atoms with Crippen LogP contribution in [-0.2, 0) is 4.74 Å². The number of hydrogen-bond donors (Lipinski definition) is 2. The lowest BCUT2D eigenvalue weighted by molar-refractivity contribution is 0.0776. The van der Waals surface area contributed by atoms with E-state index in [0.29, 0.717) is 6.04 Å². The van der Waals surface area contributed by atoms with Crippen LogP contribution in [0, 0.1) is 0 Å². The van der Waals surface area contributed by atoms with E-state index in [1.54, 1.807) is 14.2 Å². The molecule has 1 aromatic rings. The van der Waals surface area contributed by atoms with Crippen LogP contribution < -0.4 is 25.0 Å². The Hall–Kier alpha value is -2.15. The second kappa shape index (κ2) is 11.6. The molecule has 7 nitrogen and oxygen atoms in total. The van der Waals surface area contributed by atoms with Gasteiger partial charge in [0.05, 0.1) is 20.3 Å². The summed E-state index contributed by atoms with van der Waals surface area (Å²) in [6.45, 7) is 7.70. The smallest absolute Gasteiger partial charge is 0.191 e. The van der Waals surface area contributed by atoms with Crippen molar-refractivity contribution in [3.8, 4) is 11.5 Å². The van der Waals surface area contributed by atoms with Gasteiger partial charge in [0.15, 0.2) is 5.96 Å². The predicted molar refractivity (Wildman–Crippen MR) is 115 cm³/mol. The van der Waals surface area contributed by atoms with Crippen molar-refractivity contribution in [1.82, 2.24) is 10.6 Å². The van der Waals surface area contributed by atoms with Crippen LogP contribution in [0.1, 0.15) is 33.1 Å². The topological polar surface area (TPSA) is 67.4 Å². The highest BCUT2D eigenvalue weighted by Gasteiger charge is 2.21. The summed E-state index contributed by atoms with van der Waals surface area (Å²) in [6, 6.07) is 6.45. The van der Waals surface area contributed by atoms with Crippen molar-refractivity contribution in [3.63, 3.8) is 0 Å². The lowest BCUT2D eigenvalue weighted by Crippen LogP contribution is -2.49. The van der Waals surface area contributed by atoms with E-state index in [9.17, 15) is 0 Å². The molecule has 0 spiro atoms. The first-order chi connectivity index (χ1) is 13.5. The van der Waals surface area contributed by atoms with Crippen molar-refractivity contribution in [2.24, 2.45) is 4.99 Å². The van der Waals surface area contributed by atoms with Crippen molar-refractivity contribution in [1.29, 1.82) is 0 Å². The Kier molecular flexibility index (Phi) is 9.20. The number of benzene rings is 1. The van der Waals surface area contributed by atoms with Gasteiger partial charge >= 0.3 is 0 Å². The lowest BCUT2D eigenvalue weighted by Gasteiger charge is -2.34. The summed E-state index contributed by atoms with van der Waals surface area (Å²) in [5, 5.41) is 6.92. The molecule has 0 atom stereocenters. The molecule has 2 rings (SSSR count). The van der Waals surface area contributed by atoms with Gasteiger partial charge in [-0.2, -0.15) is 0 Å². The highest BCUT2D eigenvalue weighted by molar-refractivity contribution is 5.80. The quantitative estimate of drug-likeness (QED) is 0.383. The monoisotopic (exact) mass is 392 g/mol. The number of nitrogens with zero attached hydrogens (tertiary/aromatic N) is 2. The molecule has 0 amide bonds. The molecule has 0 aromatic heterocycles. The van der Waals surface area contributed by atoms with Gasteiger partial charge in [0.2, 0.25) is 0 Å². The molecule has 1 heterocycles. The van der Waals surface area contributed by atoms with Gasteiger partial charge in [0.25, 0.3) is 0 Å². The Labute approximate surface area is 169 Å². The molecular weight excluding hydrogens is 356 g/mol. The minimum Gasteiger partial charge on any atom is -0.497 e. The van der Waals surface area contributed by atoms with E-state index in [4.69, 9.17) is 14.2 Å². The molecule has 7 heteroatoms. The number of hydrogen-bond acceptors (Lipinski definition) is 5. The van der Waals surface area contributed by atoms with Gasteiger partial charge in [-0.05, 0) is 33.1 Å². The van der Waals surface area contributed by atoms with Crippen LogP contribution in [0.3, 0.4) is 0 Å². The highest BCUT2D eigenvalue weighted by atomic mass is 16.5. The van der Waals surface area contributed by atoms with Gasteiger partial charge < -0.3 is 29.7 Å². The largest absolute Gasteiger partial charge is 0.497 e. The molecule has 28 heavy (non-hydrogen) atoms. The number of guanidine groups is 1. The maximum atomic E-state index is 5.57. The van der Waals surface area contributed by atoms with Crippen LogP contribution in [0.25, 0.3) is 0 Å². The minimum atomic E-state index is 0.284. The third-order valence-corrected chi connectivity index (χ3v) is 4.83. The fourth-order valence-electron chi connectivity index (χ4n) is 3.24. The summed E-state index contributed by atoms with van der Waals surface area (Å²) in [4.78, 5) is 6.72. The lowest BCUT2D eigenvalue weighted by atomic mass is 10.0. The maximum absolute atomic E-state index is 5.57. The first-order valence-corrected chi connectivity index (χ1v) is 10.1. The van der Waals surface area contributed by atoms with E-state index in [1.165, 1.54) is 0 Å². The van der Waals surface area contributed by atoms with Gasteiger partial charge in [-0.25, -0.2) is 0 Å². The van der Waals surface area contributed by atoms with Crippen LogP contribution >= 0.6 is 0 Å². The summed E-state index contributed by atoms with van der Waals surface area (Å²) in [7, 11) is 5.18. The molecule has 0 unspecified atom stereocenters. The van der Waals surface area contributed by atoms with Crippen molar-refractivity contribution in [2.75, 3.05) is 52.4 Å². The number of aliphatic imine (C=N–C) groups is 1. The standard InChI is InChI=1S/C21H36N4O3/c1-16(2)28-12-6-9-23-21(22-3)24-17-7-10-25(11-8-17)18-13-19(26-4)15-20(14-18)27-5/h13-17H,6-12H2,1-5H3,(H2,22,23,24). The van der Waals surface area contributed by atoms with E-state index in [1.807, 2.05) is 13.1 Å². The summed E-state index contributed by atoms with van der Waals surface area (Å²) >= 11 is 0. The molecule has 0 saturated carbocycles. The van der Waals surface area contributed by atoms with Gasteiger partial charge in [-0.3, -0.25) is 4.99 Å². The minimum absolute atomic E-state index is 0.284. The zero-order chi connectivity index (χ0) is 20.4. The van der Waals surface area contributed by atoms with Crippen LogP contribution in [0.4, 0.5) is 5.69 Å². The fraction of sp³-hybridized carbons (Fsp3) is 0.667. The third kappa shape index (κ3) is 7.11. The molecule has 1 aliphatic heterocycles. The summed E-state index contributed by atoms with van der Waals surface area (Å²) in [5.74, 6) is 2.51. The van der Waals surface area contributed by atoms with Crippen molar-refractivity contribution in [2.45, 2.75) is 45.3 Å². The van der Waals surface area contributed by atoms with Crippen molar-refractivity contribution in [3.05, 3.63) is 18.2 Å². The number of anilines is 1. The maximum Gasteiger partial charge on any atom is 0.191 e. The number of piperidine rings is 1.